The van der Waals surface area contributed by atoms with Gasteiger partial charge in [-0.3, -0.25) is 14.5 Å². The Kier molecular flexibility index (Phi) is 5.81. The van der Waals surface area contributed by atoms with Crippen LogP contribution in [0.15, 0.2) is 54.9 Å². The van der Waals surface area contributed by atoms with Crippen molar-refractivity contribution >= 4 is 17.5 Å². The van der Waals surface area contributed by atoms with Gasteiger partial charge < -0.3 is 9.64 Å². The van der Waals surface area contributed by atoms with E-state index in [1.165, 1.54) is 0 Å². The number of ether oxygens (including phenoxy) is 1. The zero-order chi connectivity index (χ0) is 20.2. The molecule has 7 heteroatoms. The Morgan fingerprint density at radius 2 is 1.97 bits per heavy atom. The van der Waals surface area contributed by atoms with E-state index in [9.17, 15) is 4.79 Å². The maximum absolute atomic E-state index is 13.0. The minimum absolute atomic E-state index is 0.0266. The van der Waals surface area contributed by atoms with Gasteiger partial charge in [0.25, 0.3) is 5.91 Å². The molecule has 4 rings (SSSR count). The summed E-state index contributed by atoms with van der Waals surface area (Å²) in [6.45, 7) is 2.02. The van der Waals surface area contributed by atoms with Gasteiger partial charge in [0.1, 0.15) is 16.5 Å². The number of pyridine rings is 1. The van der Waals surface area contributed by atoms with Crippen molar-refractivity contribution in [2.24, 2.45) is 13.0 Å². The summed E-state index contributed by atoms with van der Waals surface area (Å²) < 4.78 is 7.51. The molecule has 0 saturated carbocycles. The predicted molar refractivity (Wildman–Crippen MR) is 112 cm³/mol. The number of benzene rings is 1. The first-order valence-electron chi connectivity index (χ1n) is 9.73. The fourth-order valence-corrected chi connectivity index (χ4v) is 3.74. The van der Waals surface area contributed by atoms with Crippen LogP contribution in [0.5, 0.6) is 5.75 Å². The normalized spacial score (nSPS) is 14.8. The van der Waals surface area contributed by atoms with Gasteiger partial charge in [-0.15, -0.1) is 0 Å². The third kappa shape index (κ3) is 4.43. The first kappa shape index (κ1) is 19.5. The third-order valence-corrected chi connectivity index (χ3v) is 5.56. The number of hydrogen-bond acceptors (Lipinski definition) is 4. The molecule has 0 spiro atoms. The summed E-state index contributed by atoms with van der Waals surface area (Å²) in [5, 5.41) is 5.03. The summed E-state index contributed by atoms with van der Waals surface area (Å²) in [7, 11) is 1.82. The Balaban J connectivity index is 1.35. The Morgan fingerprint density at radius 1 is 1.21 bits per heavy atom. The average molecular weight is 411 g/mol. The molecule has 1 fully saturated rings. The summed E-state index contributed by atoms with van der Waals surface area (Å²) in [6.07, 6.45) is 5.05. The van der Waals surface area contributed by atoms with Gasteiger partial charge in [0.2, 0.25) is 0 Å². The standard InChI is InChI=1S/C22H23ClN4O2/c1-26-20(13-19(25-26)17-5-3-2-4-6-17)22(28)27-11-8-16(9-12-27)15-29-21-7-10-24-14-18(21)23/h2-7,10,13-14,16H,8-9,11-12,15H2,1H3. The van der Waals surface area contributed by atoms with E-state index < -0.39 is 0 Å². The number of carbonyl (C=O) groups excluding carboxylic acids is 1. The second kappa shape index (κ2) is 8.66. The highest BCUT2D eigenvalue weighted by Crippen LogP contribution is 2.26. The molecule has 0 radical (unpaired) electrons. The van der Waals surface area contributed by atoms with Crippen molar-refractivity contribution in [3.63, 3.8) is 0 Å². The summed E-state index contributed by atoms with van der Waals surface area (Å²) in [5.74, 6) is 1.08. The molecule has 0 aliphatic carbocycles. The maximum atomic E-state index is 13.0. The van der Waals surface area contributed by atoms with Gasteiger partial charge in [-0.2, -0.15) is 5.10 Å². The van der Waals surface area contributed by atoms with Crippen LogP contribution in [0.3, 0.4) is 0 Å². The number of aromatic nitrogens is 3. The molecule has 1 aromatic carbocycles. The van der Waals surface area contributed by atoms with Crippen molar-refractivity contribution in [3.05, 3.63) is 65.6 Å². The zero-order valence-corrected chi connectivity index (χ0v) is 17.0. The van der Waals surface area contributed by atoms with Gasteiger partial charge in [0.15, 0.2) is 0 Å². The largest absolute Gasteiger partial charge is 0.492 e. The van der Waals surface area contributed by atoms with Crippen molar-refractivity contribution in [3.8, 4) is 17.0 Å². The molecule has 1 aliphatic heterocycles. The highest BCUT2D eigenvalue weighted by Gasteiger charge is 2.26. The molecular formula is C22H23ClN4O2. The van der Waals surface area contributed by atoms with Crippen molar-refractivity contribution in [2.75, 3.05) is 19.7 Å². The molecule has 0 unspecified atom stereocenters. The van der Waals surface area contributed by atoms with Crippen LogP contribution in [0.1, 0.15) is 23.3 Å². The SMILES string of the molecule is Cn1nc(-c2ccccc2)cc1C(=O)N1CCC(COc2ccncc2Cl)CC1. The quantitative estimate of drug-likeness (QED) is 0.636. The second-order valence-electron chi connectivity index (χ2n) is 7.26. The second-order valence-corrected chi connectivity index (χ2v) is 7.66. The number of nitrogens with zero attached hydrogens (tertiary/aromatic N) is 4. The van der Waals surface area contributed by atoms with Crippen molar-refractivity contribution in [1.29, 1.82) is 0 Å². The molecule has 2 aromatic heterocycles. The number of carbonyl (C=O) groups is 1. The summed E-state index contributed by atoms with van der Waals surface area (Å²) in [6, 6.07) is 13.5. The number of likely N-dealkylation sites (tertiary alicyclic amines) is 1. The number of aryl methyl sites for hydroxylation is 1. The highest BCUT2D eigenvalue weighted by atomic mass is 35.5. The van der Waals surface area contributed by atoms with E-state index in [4.69, 9.17) is 16.3 Å². The number of amides is 1. The number of hydrogen-bond donors (Lipinski definition) is 0. The molecule has 1 amide bonds. The van der Waals surface area contributed by atoms with E-state index in [2.05, 4.69) is 10.1 Å². The van der Waals surface area contributed by atoms with Crippen LogP contribution in [-0.4, -0.2) is 45.3 Å². The molecular weight excluding hydrogens is 388 g/mol. The van der Waals surface area contributed by atoms with Crippen LogP contribution >= 0.6 is 11.6 Å². The fraction of sp³-hybridized carbons (Fsp3) is 0.318. The minimum Gasteiger partial charge on any atom is -0.492 e. The lowest BCUT2D eigenvalue weighted by molar-refractivity contribution is 0.0650. The van der Waals surface area contributed by atoms with Crippen LogP contribution in [0.2, 0.25) is 5.02 Å². The topological polar surface area (TPSA) is 60.2 Å². The van der Waals surface area contributed by atoms with Gasteiger partial charge in [0, 0.05) is 44.2 Å². The van der Waals surface area contributed by atoms with E-state index in [1.54, 1.807) is 23.1 Å². The van der Waals surface area contributed by atoms with Crippen LogP contribution in [0.4, 0.5) is 0 Å². The maximum Gasteiger partial charge on any atom is 0.272 e. The molecule has 1 aliphatic rings. The van der Waals surface area contributed by atoms with Gasteiger partial charge in [-0.05, 0) is 24.8 Å². The average Bonchev–Trinajstić information content (AvgIpc) is 3.15. The third-order valence-electron chi connectivity index (χ3n) is 5.28. The van der Waals surface area contributed by atoms with E-state index in [-0.39, 0.29) is 5.91 Å². The van der Waals surface area contributed by atoms with E-state index in [0.29, 0.717) is 42.1 Å². The van der Waals surface area contributed by atoms with Crippen LogP contribution in [0.25, 0.3) is 11.3 Å². The summed E-state index contributed by atoms with van der Waals surface area (Å²) >= 11 is 6.09. The Labute approximate surface area is 175 Å². The molecule has 1 saturated heterocycles. The molecule has 150 valence electrons. The van der Waals surface area contributed by atoms with Gasteiger partial charge >= 0.3 is 0 Å². The van der Waals surface area contributed by atoms with Crippen LogP contribution < -0.4 is 4.74 Å². The molecule has 0 bridgehead atoms. The van der Waals surface area contributed by atoms with Crippen molar-refractivity contribution in [1.82, 2.24) is 19.7 Å². The fourth-order valence-electron chi connectivity index (χ4n) is 3.57. The number of piperidine rings is 1. The monoisotopic (exact) mass is 410 g/mol. The molecule has 6 nitrogen and oxygen atoms in total. The van der Waals surface area contributed by atoms with E-state index in [1.807, 2.05) is 48.3 Å². The molecule has 0 N–H and O–H groups in total. The lowest BCUT2D eigenvalue weighted by atomic mass is 9.97. The van der Waals surface area contributed by atoms with Gasteiger partial charge in [-0.25, -0.2) is 0 Å². The molecule has 3 aromatic rings. The highest BCUT2D eigenvalue weighted by molar-refractivity contribution is 6.31. The van der Waals surface area contributed by atoms with Gasteiger partial charge in [0.05, 0.1) is 12.3 Å². The lowest BCUT2D eigenvalue weighted by Gasteiger charge is -2.31. The van der Waals surface area contributed by atoms with Crippen molar-refractivity contribution in [2.45, 2.75) is 12.8 Å². The number of rotatable bonds is 5. The van der Waals surface area contributed by atoms with Crippen LogP contribution in [-0.2, 0) is 7.05 Å². The number of halogens is 1. The zero-order valence-electron chi connectivity index (χ0n) is 16.3. The van der Waals surface area contributed by atoms with E-state index >= 15 is 0 Å². The lowest BCUT2D eigenvalue weighted by Crippen LogP contribution is -2.40. The van der Waals surface area contributed by atoms with Gasteiger partial charge in [-0.1, -0.05) is 41.9 Å². The first-order valence-corrected chi connectivity index (χ1v) is 10.1. The first-order chi connectivity index (χ1) is 14.1. The Bertz CT molecular complexity index is 981. The smallest absolute Gasteiger partial charge is 0.272 e. The predicted octanol–water partition coefficient (Wildman–Crippen LogP) is 4.07. The molecule has 3 heterocycles. The van der Waals surface area contributed by atoms with Crippen molar-refractivity contribution < 1.29 is 9.53 Å². The molecule has 29 heavy (non-hydrogen) atoms. The minimum atomic E-state index is 0.0266. The summed E-state index contributed by atoms with van der Waals surface area (Å²) in [4.78, 5) is 18.9. The Morgan fingerprint density at radius 3 is 2.69 bits per heavy atom. The Hall–Kier alpha value is -2.86. The van der Waals surface area contributed by atoms with Crippen LogP contribution in [0, 0.1) is 5.92 Å². The van der Waals surface area contributed by atoms with E-state index in [0.717, 1.165) is 24.1 Å². The molecule has 0 atom stereocenters. The summed E-state index contributed by atoms with van der Waals surface area (Å²) in [5.41, 5.74) is 2.43.